The molecular weight excluding hydrogens is 316 g/mol. The summed E-state index contributed by atoms with van der Waals surface area (Å²) < 4.78 is 0.892. The van der Waals surface area contributed by atoms with Crippen LogP contribution in [0.2, 0.25) is 0 Å². The van der Waals surface area contributed by atoms with Crippen LogP contribution in [0.1, 0.15) is 0 Å². The summed E-state index contributed by atoms with van der Waals surface area (Å²) in [4.78, 5) is 13.1. The first-order valence-corrected chi connectivity index (χ1v) is 5.21. The number of rotatable bonds is 1. The van der Waals surface area contributed by atoms with Gasteiger partial charge in [-0.25, -0.2) is 0 Å². The number of nitrogens with zero attached hydrogens (tertiary/aromatic N) is 1. The normalized spacial score (nSPS) is 10.7. The number of nitro benzene ring substituents is 1. The highest BCUT2D eigenvalue weighted by Crippen LogP contribution is 2.38. The van der Waals surface area contributed by atoms with Gasteiger partial charge in [-0.05, 0) is 44.0 Å². The summed E-state index contributed by atoms with van der Waals surface area (Å²) in [5, 5.41) is 11.6. The summed E-state index contributed by atoms with van der Waals surface area (Å²) in [6.45, 7) is 0. The van der Waals surface area contributed by atoms with Crippen molar-refractivity contribution < 1.29 is 4.92 Å². The molecule has 2 rings (SSSR count). The second kappa shape index (κ2) is 3.36. The van der Waals surface area contributed by atoms with Crippen molar-refractivity contribution in [1.82, 2.24) is 4.98 Å². The van der Waals surface area contributed by atoms with Crippen molar-refractivity contribution in [2.24, 2.45) is 0 Å². The topological polar surface area (TPSA) is 58.9 Å². The third-order valence-electron chi connectivity index (χ3n) is 1.83. The van der Waals surface area contributed by atoms with Crippen molar-refractivity contribution >= 4 is 48.5 Å². The van der Waals surface area contributed by atoms with E-state index in [9.17, 15) is 10.1 Å². The molecule has 0 amide bonds. The number of aromatic amines is 1. The van der Waals surface area contributed by atoms with Gasteiger partial charge in [0.15, 0.2) is 0 Å². The van der Waals surface area contributed by atoms with Gasteiger partial charge in [-0.1, -0.05) is 0 Å². The van der Waals surface area contributed by atoms with Gasteiger partial charge in [-0.15, -0.1) is 0 Å². The molecule has 0 unspecified atom stereocenters. The van der Waals surface area contributed by atoms with Crippen LogP contribution in [-0.2, 0) is 0 Å². The Labute approximate surface area is 95.7 Å². The molecule has 0 aliphatic rings. The number of aromatic nitrogens is 1. The van der Waals surface area contributed by atoms with Crippen LogP contribution in [0.4, 0.5) is 5.69 Å². The van der Waals surface area contributed by atoms with Gasteiger partial charge in [-0.2, -0.15) is 0 Å². The highest BCUT2D eigenvalue weighted by Gasteiger charge is 2.20. The fourth-order valence-corrected chi connectivity index (χ4v) is 2.76. The molecule has 1 heterocycles. The highest BCUT2D eigenvalue weighted by atomic mass is 79.9. The van der Waals surface area contributed by atoms with Gasteiger partial charge >= 0.3 is 0 Å². The number of hydrogen-bond acceptors (Lipinski definition) is 2. The van der Waals surface area contributed by atoms with Crippen molar-refractivity contribution in [3.8, 4) is 0 Å². The van der Waals surface area contributed by atoms with Crippen LogP contribution in [0.15, 0.2) is 21.1 Å². The van der Waals surface area contributed by atoms with E-state index in [-0.39, 0.29) is 5.69 Å². The van der Waals surface area contributed by atoms with Crippen LogP contribution in [0.25, 0.3) is 10.9 Å². The molecule has 2 aromatic rings. The van der Waals surface area contributed by atoms with Crippen LogP contribution in [0, 0.1) is 16.3 Å². The molecule has 0 fully saturated rings. The quantitative estimate of drug-likeness (QED) is 0.647. The van der Waals surface area contributed by atoms with Crippen molar-refractivity contribution in [3.63, 3.8) is 0 Å². The average molecular weight is 319 g/mol. The van der Waals surface area contributed by atoms with E-state index < -0.39 is 4.92 Å². The maximum Gasteiger partial charge on any atom is 0.299 e. The summed E-state index contributed by atoms with van der Waals surface area (Å²) in [5.41, 5.74) is 0.702. The molecule has 0 saturated carbocycles. The van der Waals surface area contributed by atoms with Gasteiger partial charge in [0.05, 0.1) is 21.1 Å². The van der Waals surface area contributed by atoms with E-state index in [1.54, 1.807) is 12.1 Å². The van der Waals surface area contributed by atoms with E-state index in [1.165, 1.54) is 0 Å². The number of nitro groups is 1. The molecule has 6 heteroatoms. The first kappa shape index (κ1) is 9.67. The van der Waals surface area contributed by atoms with Crippen LogP contribution in [-0.4, -0.2) is 9.91 Å². The predicted molar refractivity (Wildman–Crippen MR) is 59.2 cm³/mol. The third-order valence-corrected chi connectivity index (χ3v) is 3.21. The molecule has 1 aromatic carbocycles. The van der Waals surface area contributed by atoms with Crippen LogP contribution < -0.4 is 0 Å². The molecule has 0 saturated heterocycles. The molecule has 0 spiro atoms. The second-order valence-electron chi connectivity index (χ2n) is 2.66. The Kier molecular flexibility index (Phi) is 2.32. The number of H-pyrrole nitrogens is 1. The molecule has 4 nitrogen and oxygen atoms in total. The molecule has 1 N–H and O–H groups in total. The Morgan fingerprint density at radius 3 is 2.86 bits per heavy atom. The Morgan fingerprint density at radius 1 is 1.50 bits per heavy atom. The second-order valence-corrected chi connectivity index (χ2v) is 4.30. The van der Waals surface area contributed by atoms with Crippen molar-refractivity contribution in [2.45, 2.75) is 0 Å². The Hall–Kier alpha value is -0.880. The smallest absolute Gasteiger partial charge is 0.299 e. The molecule has 71 valence electrons. The fourth-order valence-electron chi connectivity index (χ4n) is 1.22. The summed E-state index contributed by atoms with van der Waals surface area (Å²) in [5.74, 6) is 0. The van der Waals surface area contributed by atoms with Gasteiger partial charge in [-0.3, -0.25) is 10.1 Å². The van der Waals surface area contributed by atoms with Crippen LogP contribution in [0.5, 0.6) is 0 Å². The first-order valence-electron chi connectivity index (χ1n) is 3.62. The molecule has 0 bridgehead atoms. The standard InChI is InChI=1S/C8H3Br2N2O2/c9-5-3-4-1-2-11-7(4)6(10)8(5)12(13)14/h1,3,11H. The maximum absolute atomic E-state index is 10.7. The Balaban J connectivity index is 2.89. The molecule has 1 aromatic heterocycles. The van der Waals surface area contributed by atoms with Gasteiger partial charge in [0.2, 0.25) is 0 Å². The zero-order valence-corrected chi connectivity index (χ0v) is 9.85. The molecule has 0 atom stereocenters. The minimum absolute atomic E-state index is 0.0216. The number of nitrogens with one attached hydrogen (secondary N) is 1. The lowest BCUT2D eigenvalue weighted by molar-refractivity contribution is -0.386. The zero-order chi connectivity index (χ0) is 10.3. The van der Waals surface area contributed by atoms with Crippen molar-refractivity contribution in [3.05, 3.63) is 37.4 Å². The largest absolute Gasteiger partial charge is 0.352 e. The van der Waals surface area contributed by atoms with E-state index >= 15 is 0 Å². The molecule has 1 radical (unpaired) electrons. The SMILES string of the molecule is O=[N+]([O-])c1c(Br)cc2c[c][nH]c2c1Br. The monoisotopic (exact) mass is 317 g/mol. The Morgan fingerprint density at radius 2 is 2.21 bits per heavy atom. The number of hydrogen-bond donors (Lipinski definition) is 1. The van der Waals surface area contributed by atoms with E-state index in [0.29, 0.717) is 14.5 Å². The average Bonchev–Trinajstić information content (AvgIpc) is 2.50. The van der Waals surface area contributed by atoms with E-state index in [1.807, 2.05) is 0 Å². The molecule has 0 aliphatic heterocycles. The zero-order valence-electron chi connectivity index (χ0n) is 6.67. The minimum atomic E-state index is -0.436. The summed E-state index contributed by atoms with van der Waals surface area (Å²) >= 11 is 6.34. The predicted octanol–water partition coefficient (Wildman–Crippen LogP) is 3.40. The van der Waals surface area contributed by atoms with Gasteiger partial charge in [0, 0.05) is 5.39 Å². The number of fused-ring (bicyclic) bond motifs is 1. The van der Waals surface area contributed by atoms with Gasteiger partial charge in [0.1, 0.15) is 4.47 Å². The molecular formula is C8H3Br2N2O2. The lowest BCUT2D eigenvalue weighted by Gasteiger charge is -1.99. The summed E-state index contributed by atoms with van der Waals surface area (Å²) in [7, 11) is 0. The maximum atomic E-state index is 10.7. The van der Waals surface area contributed by atoms with Gasteiger partial charge in [0.25, 0.3) is 5.69 Å². The van der Waals surface area contributed by atoms with E-state index in [4.69, 9.17) is 0 Å². The number of benzene rings is 1. The minimum Gasteiger partial charge on any atom is -0.352 e. The first-order chi connectivity index (χ1) is 6.61. The van der Waals surface area contributed by atoms with Crippen LogP contribution in [0.3, 0.4) is 0 Å². The van der Waals surface area contributed by atoms with E-state index in [0.717, 1.165) is 5.39 Å². The lowest BCUT2D eigenvalue weighted by atomic mass is 10.2. The van der Waals surface area contributed by atoms with Crippen LogP contribution >= 0.6 is 31.9 Å². The Bertz CT molecular complexity index is 521. The third kappa shape index (κ3) is 1.34. The summed E-state index contributed by atoms with van der Waals surface area (Å²) in [6.07, 6.45) is 2.77. The lowest BCUT2D eigenvalue weighted by Crippen LogP contribution is -1.91. The van der Waals surface area contributed by atoms with E-state index in [2.05, 4.69) is 43.0 Å². The highest BCUT2D eigenvalue weighted by molar-refractivity contribution is 9.11. The summed E-state index contributed by atoms with van der Waals surface area (Å²) in [6, 6.07) is 3.42. The van der Waals surface area contributed by atoms with Gasteiger partial charge < -0.3 is 4.98 Å². The molecule has 0 aliphatic carbocycles. The molecule has 14 heavy (non-hydrogen) atoms. The van der Waals surface area contributed by atoms with Crippen molar-refractivity contribution in [2.75, 3.05) is 0 Å². The fraction of sp³-hybridized carbons (Fsp3) is 0. The number of halogens is 2. The van der Waals surface area contributed by atoms with Crippen molar-refractivity contribution in [1.29, 1.82) is 0 Å².